The number of halogens is 4. The van der Waals surface area contributed by atoms with Crippen LogP contribution in [0.1, 0.15) is 39.7 Å². The Balaban J connectivity index is 2.31. The van der Waals surface area contributed by atoms with Gasteiger partial charge >= 0.3 is 0 Å². The normalized spacial score (nSPS) is 13.8. The number of hydrogen-bond acceptors (Lipinski definition) is 2. The van der Waals surface area contributed by atoms with Gasteiger partial charge in [0.05, 0.1) is 18.0 Å². The number of fused-ring (bicyclic) bond motifs is 1. The van der Waals surface area contributed by atoms with Gasteiger partial charge in [-0.1, -0.05) is 34.1 Å². The lowest BCUT2D eigenvalue weighted by Gasteiger charge is -2.24. The Morgan fingerprint density at radius 3 is 2.19 bits per heavy atom. The molecule has 1 heterocycles. The first-order valence-electron chi connectivity index (χ1n) is 8.75. The number of nitrogens with one attached hydrogen (secondary N) is 2. The third-order valence-electron chi connectivity index (χ3n) is 4.73. The second-order valence-electron chi connectivity index (χ2n) is 6.98. The summed E-state index contributed by atoms with van der Waals surface area (Å²) in [5, 5.41) is 2.11. The predicted octanol–water partition coefficient (Wildman–Crippen LogP) is 4.02. The first kappa shape index (κ1) is 20.9. The van der Waals surface area contributed by atoms with Crippen LogP contribution in [0.15, 0.2) is 6.20 Å². The second kappa shape index (κ2) is 8.10. The Morgan fingerprint density at radius 1 is 1.04 bits per heavy atom. The summed E-state index contributed by atoms with van der Waals surface area (Å²) in [6.45, 7) is 7.15. The maximum Gasteiger partial charge on any atom is 0.225 e. The highest BCUT2D eigenvalue weighted by atomic mass is 19.2. The van der Waals surface area contributed by atoms with Gasteiger partial charge < -0.3 is 10.3 Å². The molecule has 0 aliphatic carbocycles. The molecular formula is C19H22F4N2O2. The number of rotatable bonds is 7. The van der Waals surface area contributed by atoms with E-state index in [4.69, 9.17) is 0 Å². The molecular weight excluding hydrogens is 364 g/mol. The largest absolute Gasteiger partial charge is 0.358 e. The van der Waals surface area contributed by atoms with E-state index in [0.29, 0.717) is 6.42 Å². The molecule has 0 spiro atoms. The highest BCUT2D eigenvalue weighted by molar-refractivity contribution is 5.93. The summed E-state index contributed by atoms with van der Waals surface area (Å²) < 4.78 is 54.7. The van der Waals surface area contributed by atoms with Crippen molar-refractivity contribution in [3.8, 4) is 0 Å². The van der Waals surface area contributed by atoms with E-state index in [1.165, 1.54) is 0 Å². The van der Waals surface area contributed by atoms with E-state index in [9.17, 15) is 27.2 Å². The number of ketones is 1. The zero-order chi connectivity index (χ0) is 20.5. The molecule has 1 aromatic heterocycles. The molecule has 27 heavy (non-hydrogen) atoms. The molecule has 2 N–H and O–H groups in total. The van der Waals surface area contributed by atoms with E-state index in [0.717, 1.165) is 6.20 Å². The lowest BCUT2D eigenvalue weighted by atomic mass is 9.90. The standard InChI is InChI=1S/C19H22F4N2O2/c1-5-9(4)17(19(27)8(2)3)25-11(26)6-10-7-24-18-12(10)13(20)14(21)15(22)16(18)23/h7-9,17,24H,5-6H2,1-4H3,(H,25,26)/t9-,17-/m0/s1. The van der Waals surface area contributed by atoms with E-state index in [2.05, 4.69) is 10.3 Å². The van der Waals surface area contributed by atoms with Crippen LogP contribution >= 0.6 is 0 Å². The van der Waals surface area contributed by atoms with Crippen molar-refractivity contribution in [2.24, 2.45) is 11.8 Å². The third-order valence-corrected chi connectivity index (χ3v) is 4.73. The summed E-state index contributed by atoms with van der Waals surface area (Å²) in [6.07, 6.45) is 1.36. The van der Waals surface area contributed by atoms with Gasteiger partial charge in [-0.2, -0.15) is 0 Å². The van der Waals surface area contributed by atoms with Gasteiger partial charge in [0.25, 0.3) is 0 Å². The van der Waals surface area contributed by atoms with Crippen LogP contribution in [0.4, 0.5) is 17.6 Å². The van der Waals surface area contributed by atoms with Crippen molar-refractivity contribution in [2.75, 3.05) is 0 Å². The lowest BCUT2D eigenvalue weighted by Crippen LogP contribution is -2.47. The van der Waals surface area contributed by atoms with Crippen LogP contribution < -0.4 is 5.32 Å². The van der Waals surface area contributed by atoms with Crippen LogP contribution in [0.25, 0.3) is 10.9 Å². The molecule has 8 heteroatoms. The van der Waals surface area contributed by atoms with Gasteiger partial charge in [0.2, 0.25) is 5.91 Å². The number of benzene rings is 1. The number of Topliss-reactive ketones (excluding diaryl/α,β-unsaturated/α-hetero) is 1. The molecule has 0 bridgehead atoms. The maximum absolute atomic E-state index is 14.1. The Morgan fingerprint density at radius 2 is 1.63 bits per heavy atom. The number of aromatic amines is 1. The molecule has 1 aromatic carbocycles. The van der Waals surface area contributed by atoms with Gasteiger partial charge in [0.1, 0.15) is 0 Å². The Hall–Kier alpha value is -2.38. The Kier molecular flexibility index (Phi) is 6.28. The van der Waals surface area contributed by atoms with Crippen LogP contribution in [0, 0.1) is 35.1 Å². The van der Waals surface area contributed by atoms with Gasteiger partial charge in [-0.3, -0.25) is 9.59 Å². The van der Waals surface area contributed by atoms with Crippen LogP contribution in [0.2, 0.25) is 0 Å². The minimum absolute atomic E-state index is 0.0299. The average molecular weight is 386 g/mol. The van der Waals surface area contributed by atoms with Crippen LogP contribution in [-0.4, -0.2) is 22.7 Å². The van der Waals surface area contributed by atoms with Crippen molar-refractivity contribution in [1.29, 1.82) is 0 Å². The highest BCUT2D eigenvalue weighted by Gasteiger charge is 2.29. The number of H-pyrrole nitrogens is 1. The molecule has 0 aliphatic rings. The van der Waals surface area contributed by atoms with Crippen LogP contribution in [0.3, 0.4) is 0 Å². The van der Waals surface area contributed by atoms with Gasteiger partial charge in [-0.25, -0.2) is 17.6 Å². The summed E-state index contributed by atoms with van der Waals surface area (Å²) >= 11 is 0. The minimum Gasteiger partial charge on any atom is -0.358 e. The van der Waals surface area contributed by atoms with Gasteiger partial charge in [0, 0.05) is 17.5 Å². The Bertz CT molecular complexity index is 876. The van der Waals surface area contributed by atoms with E-state index < -0.39 is 52.5 Å². The molecule has 4 nitrogen and oxygen atoms in total. The van der Waals surface area contributed by atoms with Gasteiger partial charge in [-0.15, -0.1) is 0 Å². The molecule has 0 aliphatic heterocycles. The smallest absolute Gasteiger partial charge is 0.225 e. The number of aromatic nitrogens is 1. The topological polar surface area (TPSA) is 62.0 Å². The third kappa shape index (κ3) is 3.99. The first-order valence-corrected chi connectivity index (χ1v) is 8.75. The lowest BCUT2D eigenvalue weighted by molar-refractivity contribution is -0.130. The van der Waals surface area contributed by atoms with E-state index >= 15 is 0 Å². The molecule has 2 aromatic rings. The fourth-order valence-corrected chi connectivity index (χ4v) is 2.93. The molecule has 0 fully saturated rings. The molecule has 148 valence electrons. The van der Waals surface area contributed by atoms with Crippen molar-refractivity contribution in [2.45, 2.75) is 46.6 Å². The molecule has 0 radical (unpaired) electrons. The predicted molar refractivity (Wildman–Crippen MR) is 93.1 cm³/mol. The van der Waals surface area contributed by atoms with Gasteiger partial charge in [-0.05, 0) is 11.5 Å². The van der Waals surface area contributed by atoms with E-state index in [1.807, 2.05) is 13.8 Å². The first-order chi connectivity index (χ1) is 12.6. The average Bonchev–Trinajstić information content (AvgIpc) is 3.04. The highest BCUT2D eigenvalue weighted by Crippen LogP contribution is 2.29. The number of amides is 1. The fourth-order valence-electron chi connectivity index (χ4n) is 2.93. The molecule has 0 saturated heterocycles. The summed E-state index contributed by atoms with van der Waals surface area (Å²) in [6, 6.07) is -0.719. The summed E-state index contributed by atoms with van der Waals surface area (Å²) in [4.78, 5) is 27.1. The minimum atomic E-state index is -1.94. The zero-order valence-corrected chi connectivity index (χ0v) is 15.6. The number of carbonyl (C=O) groups excluding carboxylic acids is 2. The molecule has 1 amide bonds. The quantitative estimate of drug-likeness (QED) is 0.429. The summed E-state index contributed by atoms with van der Waals surface area (Å²) in [5.74, 6) is -8.12. The molecule has 0 saturated carbocycles. The van der Waals surface area contributed by atoms with Crippen LogP contribution in [0.5, 0.6) is 0 Å². The number of carbonyl (C=O) groups is 2. The maximum atomic E-state index is 14.1. The molecule has 2 rings (SSSR count). The SMILES string of the molecule is CC[C@H](C)[C@H](NC(=O)Cc1c[nH]c2c(F)c(F)c(F)c(F)c12)C(=O)C(C)C. The van der Waals surface area contributed by atoms with Crippen molar-refractivity contribution in [3.63, 3.8) is 0 Å². The molecule has 0 unspecified atom stereocenters. The zero-order valence-electron chi connectivity index (χ0n) is 15.6. The number of hydrogen-bond donors (Lipinski definition) is 2. The summed E-state index contributed by atoms with van der Waals surface area (Å²) in [7, 11) is 0. The van der Waals surface area contributed by atoms with Crippen molar-refractivity contribution in [3.05, 3.63) is 35.0 Å². The van der Waals surface area contributed by atoms with Crippen LogP contribution in [-0.2, 0) is 16.0 Å². The fraction of sp³-hybridized carbons (Fsp3) is 0.474. The van der Waals surface area contributed by atoms with Crippen molar-refractivity contribution in [1.82, 2.24) is 10.3 Å². The van der Waals surface area contributed by atoms with Crippen molar-refractivity contribution >= 4 is 22.6 Å². The monoisotopic (exact) mass is 386 g/mol. The van der Waals surface area contributed by atoms with E-state index in [1.54, 1.807) is 13.8 Å². The van der Waals surface area contributed by atoms with Gasteiger partial charge in [0.15, 0.2) is 29.1 Å². The second-order valence-corrected chi connectivity index (χ2v) is 6.98. The van der Waals surface area contributed by atoms with Crippen molar-refractivity contribution < 1.29 is 27.2 Å². The van der Waals surface area contributed by atoms with E-state index in [-0.39, 0.29) is 23.2 Å². The molecule has 2 atom stereocenters. The Labute approximate surface area is 154 Å². The summed E-state index contributed by atoms with van der Waals surface area (Å²) in [5.41, 5.74) is -0.580.